The zero-order valence-corrected chi connectivity index (χ0v) is 16.0. The van der Waals surface area contributed by atoms with E-state index in [0.717, 1.165) is 19.3 Å². The predicted molar refractivity (Wildman–Crippen MR) is 97.3 cm³/mol. The molecule has 23 heavy (non-hydrogen) atoms. The SMILES string of the molecule is CCCCCCCCCCCCC(CCC(O)CC)S(=O)(=O)O. The van der Waals surface area contributed by atoms with Crippen molar-refractivity contribution in [1.82, 2.24) is 0 Å². The van der Waals surface area contributed by atoms with E-state index < -0.39 is 21.5 Å². The Morgan fingerprint density at radius 2 is 1.22 bits per heavy atom. The number of aliphatic hydroxyl groups is 1. The van der Waals surface area contributed by atoms with Crippen LogP contribution in [-0.4, -0.2) is 29.4 Å². The van der Waals surface area contributed by atoms with Gasteiger partial charge in [0.05, 0.1) is 11.4 Å². The summed E-state index contributed by atoms with van der Waals surface area (Å²) in [5.74, 6) is 0. The highest BCUT2D eigenvalue weighted by atomic mass is 32.2. The molecule has 2 unspecified atom stereocenters. The van der Waals surface area contributed by atoms with Crippen molar-refractivity contribution in [2.75, 3.05) is 0 Å². The molecule has 2 atom stereocenters. The zero-order valence-electron chi connectivity index (χ0n) is 15.2. The number of hydrogen-bond acceptors (Lipinski definition) is 3. The summed E-state index contributed by atoms with van der Waals surface area (Å²) in [6, 6.07) is 0. The summed E-state index contributed by atoms with van der Waals surface area (Å²) in [7, 11) is -3.99. The lowest BCUT2D eigenvalue weighted by Gasteiger charge is -2.15. The first kappa shape index (κ1) is 22.9. The third kappa shape index (κ3) is 14.0. The molecule has 0 rings (SSSR count). The minimum atomic E-state index is -3.99. The molecule has 0 saturated heterocycles. The van der Waals surface area contributed by atoms with E-state index in [0.29, 0.717) is 25.7 Å². The summed E-state index contributed by atoms with van der Waals surface area (Å²) < 4.78 is 32.1. The van der Waals surface area contributed by atoms with E-state index in [1.165, 1.54) is 44.9 Å². The van der Waals surface area contributed by atoms with Gasteiger partial charge in [0, 0.05) is 0 Å². The van der Waals surface area contributed by atoms with Crippen molar-refractivity contribution in [2.45, 2.75) is 115 Å². The molecule has 0 bridgehead atoms. The molecule has 0 aliphatic rings. The van der Waals surface area contributed by atoms with Gasteiger partial charge < -0.3 is 5.11 Å². The number of rotatable bonds is 16. The fourth-order valence-corrected chi connectivity index (χ4v) is 3.78. The van der Waals surface area contributed by atoms with Crippen LogP contribution < -0.4 is 0 Å². The second kappa shape index (κ2) is 14.2. The Hall–Kier alpha value is -0.130. The van der Waals surface area contributed by atoms with E-state index in [1.54, 1.807) is 0 Å². The van der Waals surface area contributed by atoms with Gasteiger partial charge in [-0.2, -0.15) is 8.42 Å². The zero-order chi connectivity index (χ0) is 17.6. The van der Waals surface area contributed by atoms with Crippen LogP contribution in [0.15, 0.2) is 0 Å². The number of hydrogen-bond donors (Lipinski definition) is 2. The maximum absolute atomic E-state index is 11.4. The largest absolute Gasteiger partial charge is 0.393 e. The molecule has 0 heterocycles. The van der Waals surface area contributed by atoms with E-state index in [1.807, 2.05) is 6.92 Å². The molecule has 140 valence electrons. The van der Waals surface area contributed by atoms with E-state index in [4.69, 9.17) is 0 Å². The molecule has 0 aromatic heterocycles. The van der Waals surface area contributed by atoms with Crippen LogP contribution in [0.1, 0.15) is 104 Å². The van der Waals surface area contributed by atoms with Crippen LogP contribution in [-0.2, 0) is 10.1 Å². The van der Waals surface area contributed by atoms with E-state index in [9.17, 15) is 18.1 Å². The highest BCUT2D eigenvalue weighted by Gasteiger charge is 2.23. The van der Waals surface area contributed by atoms with Crippen LogP contribution in [0.5, 0.6) is 0 Å². The molecule has 0 aromatic rings. The van der Waals surface area contributed by atoms with Crippen molar-refractivity contribution in [3.05, 3.63) is 0 Å². The smallest absolute Gasteiger partial charge is 0.267 e. The fourth-order valence-electron chi connectivity index (χ4n) is 2.88. The lowest BCUT2D eigenvalue weighted by atomic mass is 10.0. The lowest BCUT2D eigenvalue weighted by molar-refractivity contribution is 0.156. The second-order valence-corrected chi connectivity index (χ2v) is 8.44. The quantitative estimate of drug-likeness (QED) is 0.300. The maximum atomic E-state index is 11.4. The van der Waals surface area contributed by atoms with Gasteiger partial charge in [-0.1, -0.05) is 78.1 Å². The first-order chi connectivity index (χ1) is 10.9. The van der Waals surface area contributed by atoms with Crippen molar-refractivity contribution >= 4 is 10.1 Å². The van der Waals surface area contributed by atoms with Crippen LogP contribution in [0.2, 0.25) is 0 Å². The topological polar surface area (TPSA) is 74.6 Å². The second-order valence-electron chi connectivity index (χ2n) is 6.75. The molecule has 4 nitrogen and oxygen atoms in total. The third-order valence-corrected chi connectivity index (χ3v) is 5.91. The van der Waals surface area contributed by atoms with Gasteiger partial charge in [-0.25, -0.2) is 0 Å². The average molecular weight is 351 g/mol. The van der Waals surface area contributed by atoms with Gasteiger partial charge in [-0.15, -0.1) is 0 Å². The van der Waals surface area contributed by atoms with Gasteiger partial charge in [0.25, 0.3) is 10.1 Å². The Kier molecular flexibility index (Phi) is 14.2. The monoisotopic (exact) mass is 350 g/mol. The third-order valence-electron chi connectivity index (χ3n) is 4.59. The standard InChI is InChI=1S/C18H38O4S/c1-3-5-6-7-8-9-10-11-12-13-14-18(23(20,21)22)16-15-17(19)4-2/h17-19H,3-16H2,1-2H3,(H,20,21,22). The van der Waals surface area contributed by atoms with Crippen LogP contribution in [0, 0.1) is 0 Å². The fraction of sp³-hybridized carbons (Fsp3) is 1.00. The Morgan fingerprint density at radius 3 is 1.65 bits per heavy atom. The van der Waals surface area contributed by atoms with Crippen LogP contribution in [0.3, 0.4) is 0 Å². The predicted octanol–water partition coefficient (Wildman–Crippen LogP) is 5.10. The van der Waals surface area contributed by atoms with Crippen molar-refractivity contribution in [2.24, 2.45) is 0 Å². The van der Waals surface area contributed by atoms with Crippen LogP contribution in [0.25, 0.3) is 0 Å². The van der Waals surface area contributed by atoms with E-state index >= 15 is 0 Å². The van der Waals surface area contributed by atoms with Crippen molar-refractivity contribution < 1.29 is 18.1 Å². The first-order valence-electron chi connectivity index (χ1n) is 9.56. The average Bonchev–Trinajstić information content (AvgIpc) is 2.50. The highest BCUT2D eigenvalue weighted by molar-refractivity contribution is 7.86. The molecule has 2 N–H and O–H groups in total. The molecule has 0 aliphatic carbocycles. The molecule has 0 saturated carbocycles. The Bertz CT molecular complexity index is 354. The highest BCUT2D eigenvalue weighted by Crippen LogP contribution is 2.19. The normalized spacial score (nSPS) is 14.8. The lowest BCUT2D eigenvalue weighted by Crippen LogP contribution is -2.22. The molecule has 5 heteroatoms. The van der Waals surface area contributed by atoms with Gasteiger partial charge in [0.15, 0.2) is 0 Å². The van der Waals surface area contributed by atoms with Crippen molar-refractivity contribution in [3.8, 4) is 0 Å². The van der Waals surface area contributed by atoms with E-state index in [2.05, 4.69) is 6.92 Å². The summed E-state index contributed by atoms with van der Waals surface area (Å²) in [6.45, 7) is 4.10. The van der Waals surface area contributed by atoms with Gasteiger partial charge in [0.1, 0.15) is 0 Å². The first-order valence-corrected chi connectivity index (χ1v) is 11.1. The summed E-state index contributed by atoms with van der Waals surface area (Å²) >= 11 is 0. The molecule has 0 aromatic carbocycles. The number of unbranched alkanes of at least 4 members (excludes halogenated alkanes) is 9. The molecular weight excluding hydrogens is 312 g/mol. The Balaban J connectivity index is 3.71. The molecule has 0 fully saturated rings. The van der Waals surface area contributed by atoms with Gasteiger partial charge in [-0.3, -0.25) is 4.55 Å². The summed E-state index contributed by atoms with van der Waals surface area (Å²) in [6.07, 6.45) is 13.6. The molecule has 0 spiro atoms. The van der Waals surface area contributed by atoms with Crippen molar-refractivity contribution in [3.63, 3.8) is 0 Å². The van der Waals surface area contributed by atoms with Crippen LogP contribution >= 0.6 is 0 Å². The molecule has 0 aliphatic heterocycles. The molecular formula is C18H38O4S. The van der Waals surface area contributed by atoms with Crippen molar-refractivity contribution in [1.29, 1.82) is 0 Å². The molecule has 0 radical (unpaired) electrons. The summed E-state index contributed by atoms with van der Waals surface area (Å²) in [5.41, 5.74) is 0. The Labute approximate surface area is 143 Å². The van der Waals surface area contributed by atoms with Crippen LogP contribution in [0.4, 0.5) is 0 Å². The summed E-state index contributed by atoms with van der Waals surface area (Å²) in [4.78, 5) is 0. The van der Waals surface area contributed by atoms with E-state index in [-0.39, 0.29) is 0 Å². The number of aliphatic hydroxyl groups excluding tert-OH is 1. The molecule has 0 amide bonds. The minimum absolute atomic E-state index is 0.352. The maximum Gasteiger partial charge on any atom is 0.267 e. The van der Waals surface area contributed by atoms with Gasteiger partial charge in [0.2, 0.25) is 0 Å². The minimum Gasteiger partial charge on any atom is -0.393 e. The van der Waals surface area contributed by atoms with Gasteiger partial charge >= 0.3 is 0 Å². The summed E-state index contributed by atoms with van der Waals surface area (Å²) in [5, 5.41) is 8.83. The van der Waals surface area contributed by atoms with Gasteiger partial charge in [-0.05, 0) is 25.7 Å². The Morgan fingerprint density at radius 1 is 0.739 bits per heavy atom.